The number of hydrogen-bond donors (Lipinski definition) is 0. The van der Waals surface area contributed by atoms with Gasteiger partial charge >= 0.3 is 0 Å². The SMILES string of the molecule is O=C1CCC(c2ccccc2)CC1Cc1cncc(Br)c1. The van der Waals surface area contributed by atoms with Crippen molar-refractivity contribution in [2.45, 2.75) is 31.6 Å². The first-order chi connectivity index (χ1) is 10.2. The minimum Gasteiger partial charge on any atom is -0.299 e. The number of Topliss-reactive ketones (excluding diaryl/α,β-unsaturated/α-hetero) is 1. The summed E-state index contributed by atoms with van der Waals surface area (Å²) in [6.07, 6.45) is 7.08. The van der Waals surface area contributed by atoms with Crippen LogP contribution in [0.4, 0.5) is 0 Å². The molecule has 1 aromatic heterocycles. The molecule has 1 aliphatic rings. The van der Waals surface area contributed by atoms with Crippen LogP contribution < -0.4 is 0 Å². The number of pyridine rings is 1. The highest BCUT2D eigenvalue weighted by molar-refractivity contribution is 9.10. The third-order valence-corrected chi connectivity index (χ3v) is 4.71. The van der Waals surface area contributed by atoms with Crippen LogP contribution in [0.1, 0.15) is 36.3 Å². The van der Waals surface area contributed by atoms with Gasteiger partial charge in [-0.05, 0) is 58.3 Å². The third-order valence-electron chi connectivity index (χ3n) is 4.28. The van der Waals surface area contributed by atoms with Crippen LogP contribution in [0, 0.1) is 5.92 Å². The Morgan fingerprint density at radius 1 is 1.19 bits per heavy atom. The van der Waals surface area contributed by atoms with Crippen molar-refractivity contribution < 1.29 is 4.79 Å². The van der Waals surface area contributed by atoms with Crippen LogP contribution in [0.3, 0.4) is 0 Å². The highest BCUT2D eigenvalue weighted by Gasteiger charge is 2.29. The maximum absolute atomic E-state index is 12.2. The van der Waals surface area contributed by atoms with Crippen LogP contribution in [0.15, 0.2) is 53.3 Å². The fourth-order valence-corrected chi connectivity index (χ4v) is 3.60. The second-order valence-electron chi connectivity index (χ2n) is 5.76. The Morgan fingerprint density at radius 3 is 2.76 bits per heavy atom. The Balaban J connectivity index is 1.73. The molecule has 1 saturated carbocycles. The Hall–Kier alpha value is -1.48. The Kier molecular flexibility index (Phi) is 4.49. The van der Waals surface area contributed by atoms with Gasteiger partial charge in [-0.1, -0.05) is 30.3 Å². The highest BCUT2D eigenvalue weighted by Crippen LogP contribution is 2.35. The van der Waals surface area contributed by atoms with Gasteiger partial charge in [0.25, 0.3) is 0 Å². The van der Waals surface area contributed by atoms with Gasteiger partial charge in [0.05, 0.1) is 0 Å². The molecule has 21 heavy (non-hydrogen) atoms. The van der Waals surface area contributed by atoms with Gasteiger partial charge in [-0.15, -0.1) is 0 Å². The summed E-state index contributed by atoms with van der Waals surface area (Å²) in [5, 5.41) is 0. The molecule has 0 N–H and O–H groups in total. The summed E-state index contributed by atoms with van der Waals surface area (Å²) < 4.78 is 0.975. The molecule has 2 nitrogen and oxygen atoms in total. The molecule has 1 heterocycles. The van der Waals surface area contributed by atoms with E-state index in [-0.39, 0.29) is 5.92 Å². The molecule has 3 heteroatoms. The van der Waals surface area contributed by atoms with Crippen LogP contribution >= 0.6 is 15.9 Å². The number of aromatic nitrogens is 1. The number of carbonyl (C=O) groups excluding carboxylic acids is 1. The van der Waals surface area contributed by atoms with Gasteiger partial charge in [0.2, 0.25) is 0 Å². The Bertz CT molecular complexity index is 626. The number of carbonyl (C=O) groups is 1. The molecule has 0 amide bonds. The predicted octanol–water partition coefficient (Wildman–Crippen LogP) is 4.54. The van der Waals surface area contributed by atoms with Crippen molar-refractivity contribution in [3.63, 3.8) is 0 Å². The van der Waals surface area contributed by atoms with Gasteiger partial charge < -0.3 is 0 Å². The van der Waals surface area contributed by atoms with Gasteiger partial charge in [0.1, 0.15) is 5.78 Å². The van der Waals surface area contributed by atoms with E-state index in [4.69, 9.17) is 0 Å². The maximum Gasteiger partial charge on any atom is 0.136 e. The molecular formula is C18H18BrNO. The van der Waals surface area contributed by atoms with E-state index in [1.54, 1.807) is 6.20 Å². The standard InChI is InChI=1S/C18H18BrNO/c19-17-9-13(11-20-12-17)8-16-10-15(6-7-18(16)21)14-4-2-1-3-5-14/h1-5,9,11-12,15-16H,6-8,10H2. The highest BCUT2D eigenvalue weighted by atomic mass is 79.9. The lowest BCUT2D eigenvalue weighted by molar-refractivity contribution is -0.124. The summed E-state index contributed by atoms with van der Waals surface area (Å²) >= 11 is 3.44. The normalized spacial score (nSPS) is 22.2. The number of ketones is 1. The predicted molar refractivity (Wildman–Crippen MR) is 87.2 cm³/mol. The fourth-order valence-electron chi connectivity index (χ4n) is 3.19. The lowest BCUT2D eigenvalue weighted by Gasteiger charge is -2.28. The van der Waals surface area contributed by atoms with Crippen molar-refractivity contribution in [2.75, 3.05) is 0 Å². The van der Waals surface area contributed by atoms with Gasteiger partial charge in [-0.3, -0.25) is 9.78 Å². The minimum absolute atomic E-state index is 0.125. The van der Waals surface area contributed by atoms with Crippen LogP contribution in [0.25, 0.3) is 0 Å². The van der Waals surface area contributed by atoms with E-state index in [0.717, 1.165) is 29.3 Å². The van der Waals surface area contributed by atoms with Crippen molar-refractivity contribution in [2.24, 2.45) is 5.92 Å². The summed E-state index contributed by atoms with van der Waals surface area (Å²) in [6.45, 7) is 0. The zero-order valence-corrected chi connectivity index (χ0v) is 13.4. The molecule has 2 aromatic rings. The van der Waals surface area contributed by atoms with Crippen LogP contribution in [-0.4, -0.2) is 10.8 Å². The van der Waals surface area contributed by atoms with Crippen molar-refractivity contribution in [1.82, 2.24) is 4.98 Å². The summed E-state index contributed by atoms with van der Waals surface area (Å²) in [4.78, 5) is 16.4. The number of hydrogen-bond acceptors (Lipinski definition) is 2. The Morgan fingerprint density at radius 2 is 2.00 bits per heavy atom. The molecular weight excluding hydrogens is 326 g/mol. The van der Waals surface area contributed by atoms with Gasteiger partial charge in [0.15, 0.2) is 0 Å². The lowest BCUT2D eigenvalue weighted by atomic mass is 9.75. The maximum atomic E-state index is 12.2. The molecule has 1 aliphatic carbocycles. The van der Waals surface area contributed by atoms with Crippen molar-refractivity contribution in [1.29, 1.82) is 0 Å². The zero-order chi connectivity index (χ0) is 14.7. The molecule has 0 saturated heterocycles. The smallest absolute Gasteiger partial charge is 0.136 e. The quantitative estimate of drug-likeness (QED) is 0.818. The first-order valence-corrected chi connectivity index (χ1v) is 8.19. The van der Waals surface area contributed by atoms with Gasteiger partial charge in [-0.25, -0.2) is 0 Å². The molecule has 2 unspecified atom stereocenters. The van der Waals surface area contributed by atoms with E-state index in [1.807, 2.05) is 12.3 Å². The summed E-state index contributed by atoms with van der Waals surface area (Å²) in [5.74, 6) is 1.04. The van der Waals surface area contributed by atoms with Crippen LogP contribution in [-0.2, 0) is 11.2 Å². The lowest BCUT2D eigenvalue weighted by Crippen LogP contribution is -2.25. The van der Waals surface area contributed by atoms with E-state index in [0.29, 0.717) is 18.1 Å². The van der Waals surface area contributed by atoms with E-state index < -0.39 is 0 Å². The first-order valence-electron chi connectivity index (χ1n) is 7.39. The topological polar surface area (TPSA) is 30.0 Å². The molecule has 108 valence electrons. The Labute approximate surface area is 133 Å². The first kappa shape index (κ1) is 14.5. The second kappa shape index (κ2) is 6.52. The number of halogens is 1. The van der Waals surface area contributed by atoms with Crippen molar-refractivity contribution in [3.05, 3.63) is 64.4 Å². The van der Waals surface area contributed by atoms with Gasteiger partial charge in [-0.2, -0.15) is 0 Å². The largest absolute Gasteiger partial charge is 0.299 e. The monoisotopic (exact) mass is 343 g/mol. The second-order valence-corrected chi connectivity index (χ2v) is 6.68. The molecule has 1 fully saturated rings. The average molecular weight is 344 g/mol. The van der Waals surface area contributed by atoms with Crippen molar-refractivity contribution >= 4 is 21.7 Å². The third kappa shape index (κ3) is 3.59. The minimum atomic E-state index is 0.125. The molecule has 0 aliphatic heterocycles. The number of benzene rings is 1. The zero-order valence-electron chi connectivity index (χ0n) is 11.8. The molecule has 0 bridgehead atoms. The molecule has 2 atom stereocenters. The summed E-state index contributed by atoms with van der Waals surface area (Å²) in [5.41, 5.74) is 2.50. The summed E-state index contributed by atoms with van der Waals surface area (Å²) in [6, 6.07) is 12.6. The van der Waals surface area contributed by atoms with E-state index in [9.17, 15) is 4.79 Å². The molecule has 1 aromatic carbocycles. The van der Waals surface area contributed by atoms with E-state index in [1.165, 1.54) is 5.56 Å². The number of nitrogens with zero attached hydrogens (tertiary/aromatic N) is 1. The number of rotatable bonds is 3. The van der Waals surface area contributed by atoms with E-state index in [2.05, 4.69) is 51.2 Å². The van der Waals surface area contributed by atoms with Crippen LogP contribution in [0.5, 0.6) is 0 Å². The van der Waals surface area contributed by atoms with Crippen molar-refractivity contribution in [3.8, 4) is 0 Å². The van der Waals surface area contributed by atoms with E-state index >= 15 is 0 Å². The summed E-state index contributed by atoms with van der Waals surface area (Å²) in [7, 11) is 0. The van der Waals surface area contributed by atoms with Crippen LogP contribution in [0.2, 0.25) is 0 Å². The molecule has 0 radical (unpaired) electrons. The fraction of sp³-hybridized carbons (Fsp3) is 0.333. The average Bonchev–Trinajstić information content (AvgIpc) is 2.50. The van der Waals surface area contributed by atoms with Gasteiger partial charge in [0, 0.05) is 29.2 Å². The molecule has 3 rings (SSSR count). The molecule has 0 spiro atoms.